The molecule has 166 valence electrons. The Balaban J connectivity index is 0.000000370. The van der Waals surface area contributed by atoms with Gasteiger partial charge < -0.3 is 14.9 Å². The molecule has 7 nitrogen and oxygen atoms in total. The number of fused-ring (bicyclic) bond motifs is 1. The van der Waals surface area contributed by atoms with Crippen LogP contribution in [0.2, 0.25) is 0 Å². The molecule has 3 rings (SSSR count). The molecule has 0 aromatic heterocycles. The molecule has 0 aliphatic carbocycles. The second kappa shape index (κ2) is 9.32. The van der Waals surface area contributed by atoms with Crippen molar-refractivity contribution in [2.75, 3.05) is 39.3 Å². The number of rotatable bonds is 2. The molecule has 0 aromatic carbocycles. The van der Waals surface area contributed by atoms with E-state index in [4.69, 9.17) is 9.90 Å². The van der Waals surface area contributed by atoms with Crippen LogP contribution in [0.25, 0.3) is 0 Å². The van der Waals surface area contributed by atoms with Gasteiger partial charge in [0.15, 0.2) is 0 Å². The van der Waals surface area contributed by atoms with Gasteiger partial charge >= 0.3 is 12.1 Å². The zero-order valence-electron chi connectivity index (χ0n) is 17.0. The summed E-state index contributed by atoms with van der Waals surface area (Å²) in [5.74, 6) is -2.24. The lowest BCUT2D eigenvalue weighted by molar-refractivity contribution is -0.192. The summed E-state index contributed by atoms with van der Waals surface area (Å²) in [5, 5.41) is 7.12. The molecule has 2 amide bonds. The highest BCUT2D eigenvalue weighted by molar-refractivity contribution is 5.84. The van der Waals surface area contributed by atoms with Gasteiger partial charge in [0.05, 0.1) is 5.41 Å². The molecule has 0 radical (unpaired) electrons. The number of hydrogen-bond acceptors (Lipinski definition) is 4. The predicted molar refractivity (Wildman–Crippen MR) is 99.1 cm³/mol. The third kappa shape index (κ3) is 5.21. The van der Waals surface area contributed by atoms with Gasteiger partial charge in [-0.3, -0.25) is 14.5 Å². The third-order valence-corrected chi connectivity index (χ3v) is 6.34. The van der Waals surface area contributed by atoms with E-state index in [1.54, 1.807) is 6.92 Å². The smallest absolute Gasteiger partial charge is 0.475 e. The maximum Gasteiger partial charge on any atom is 0.490 e. The molecular weight excluding hydrogens is 391 g/mol. The highest BCUT2D eigenvalue weighted by Crippen LogP contribution is 2.45. The minimum atomic E-state index is -5.08. The number of nitrogens with zero attached hydrogens (tertiary/aromatic N) is 3. The number of aliphatic carboxylic acids is 1. The maximum atomic E-state index is 13.3. The molecule has 3 aliphatic rings. The topological polar surface area (TPSA) is 81.2 Å². The van der Waals surface area contributed by atoms with Crippen LogP contribution in [0.4, 0.5) is 13.2 Å². The summed E-state index contributed by atoms with van der Waals surface area (Å²) in [4.78, 5) is 40.5. The van der Waals surface area contributed by atoms with Crippen molar-refractivity contribution < 1.29 is 32.7 Å². The summed E-state index contributed by atoms with van der Waals surface area (Å²) in [5.41, 5.74) is -0.245. The molecule has 1 N–H and O–H groups in total. The number of halogens is 3. The lowest BCUT2D eigenvalue weighted by Gasteiger charge is -2.38. The van der Waals surface area contributed by atoms with Crippen LogP contribution < -0.4 is 0 Å². The molecule has 0 spiro atoms. The van der Waals surface area contributed by atoms with Crippen LogP contribution in [-0.4, -0.2) is 89.1 Å². The van der Waals surface area contributed by atoms with Crippen molar-refractivity contribution in [1.82, 2.24) is 14.7 Å². The highest BCUT2D eigenvalue weighted by atomic mass is 19.4. The van der Waals surface area contributed by atoms with Gasteiger partial charge in [0.1, 0.15) is 0 Å². The fraction of sp³-hybridized carbons (Fsp3) is 0.842. The fourth-order valence-electron chi connectivity index (χ4n) is 4.77. The fourth-order valence-corrected chi connectivity index (χ4v) is 4.77. The SMILES string of the molecule is CCN1CC[C@@]2(C(=O)N3CCCC3)CCN(C(C)=O)CC[C@@H]12.O=C(O)C(F)(F)F. The maximum absolute atomic E-state index is 13.3. The second-order valence-electron chi connectivity index (χ2n) is 7.90. The predicted octanol–water partition coefficient (Wildman–Crippen LogP) is 1.96. The number of amides is 2. The molecule has 0 bridgehead atoms. The molecule has 10 heteroatoms. The Labute approximate surface area is 168 Å². The molecule has 0 saturated carbocycles. The number of likely N-dealkylation sites (tertiary alicyclic amines) is 3. The van der Waals surface area contributed by atoms with Crippen LogP contribution in [0.3, 0.4) is 0 Å². The van der Waals surface area contributed by atoms with E-state index in [1.165, 1.54) is 0 Å². The third-order valence-electron chi connectivity index (χ3n) is 6.34. The Morgan fingerprint density at radius 1 is 1.00 bits per heavy atom. The highest BCUT2D eigenvalue weighted by Gasteiger charge is 2.54. The minimum absolute atomic E-state index is 0.145. The largest absolute Gasteiger partial charge is 0.490 e. The van der Waals surface area contributed by atoms with Crippen molar-refractivity contribution in [3.8, 4) is 0 Å². The standard InChI is InChI=1S/C17H29N3O2.C2HF3O2/c1-3-18-12-7-17(16(22)20-9-4-5-10-20)8-13-19(14(2)21)11-6-15(17)18;3-2(4,5)1(6)7/h15H,3-13H2,1-2H3;(H,6,7)/t15-,17-;/m1./s1. The van der Waals surface area contributed by atoms with Crippen LogP contribution >= 0.6 is 0 Å². The van der Waals surface area contributed by atoms with Crippen LogP contribution in [0.15, 0.2) is 0 Å². The normalized spacial score (nSPS) is 27.7. The lowest BCUT2D eigenvalue weighted by atomic mass is 9.75. The summed E-state index contributed by atoms with van der Waals surface area (Å²) < 4.78 is 31.7. The summed E-state index contributed by atoms with van der Waals surface area (Å²) >= 11 is 0. The Morgan fingerprint density at radius 2 is 1.55 bits per heavy atom. The zero-order chi connectivity index (χ0) is 21.8. The van der Waals surface area contributed by atoms with E-state index in [-0.39, 0.29) is 11.3 Å². The van der Waals surface area contributed by atoms with E-state index in [0.29, 0.717) is 11.9 Å². The molecule has 0 unspecified atom stereocenters. The first-order chi connectivity index (χ1) is 13.5. The molecule has 2 atom stereocenters. The average Bonchev–Trinajstić information content (AvgIpc) is 3.25. The van der Waals surface area contributed by atoms with E-state index in [2.05, 4.69) is 16.7 Å². The van der Waals surface area contributed by atoms with Crippen molar-refractivity contribution in [1.29, 1.82) is 0 Å². The molecule has 3 aliphatic heterocycles. The number of carbonyl (C=O) groups excluding carboxylic acids is 2. The van der Waals surface area contributed by atoms with E-state index >= 15 is 0 Å². The Hall–Kier alpha value is -1.84. The van der Waals surface area contributed by atoms with Crippen LogP contribution in [0.5, 0.6) is 0 Å². The molecule has 3 fully saturated rings. The Kier molecular flexibility index (Phi) is 7.53. The van der Waals surface area contributed by atoms with Gasteiger partial charge in [-0.1, -0.05) is 6.92 Å². The monoisotopic (exact) mass is 421 g/mol. The number of alkyl halides is 3. The van der Waals surface area contributed by atoms with Gasteiger partial charge in [0.2, 0.25) is 11.8 Å². The number of carbonyl (C=O) groups is 3. The average molecular weight is 421 g/mol. The van der Waals surface area contributed by atoms with E-state index < -0.39 is 12.1 Å². The van der Waals surface area contributed by atoms with Crippen LogP contribution in [0, 0.1) is 5.41 Å². The molecule has 3 saturated heterocycles. The van der Waals surface area contributed by atoms with Crippen LogP contribution in [0.1, 0.15) is 46.0 Å². The summed E-state index contributed by atoms with van der Waals surface area (Å²) in [7, 11) is 0. The van der Waals surface area contributed by atoms with Gasteiger partial charge in [-0.15, -0.1) is 0 Å². The van der Waals surface area contributed by atoms with Crippen molar-refractivity contribution in [3.63, 3.8) is 0 Å². The number of hydrogen-bond donors (Lipinski definition) is 1. The van der Waals surface area contributed by atoms with Gasteiger partial charge in [-0.25, -0.2) is 4.79 Å². The first kappa shape index (κ1) is 23.4. The lowest BCUT2D eigenvalue weighted by Crippen LogP contribution is -2.50. The summed E-state index contributed by atoms with van der Waals surface area (Å²) in [6.45, 7) is 9.25. The van der Waals surface area contributed by atoms with Crippen molar-refractivity contribution in [3.05, 3.63) is 0 Å². The van der Waals surface area contributed by atoms with E-state index in [0.717, 1.165) is 71.4 Å². The number of carboxylic acid groups (broad SMARTS) is 1. The Bertz CT molecular complexity index is 622. The van der Waals surface area contributed by atoms with Crippen LogP contribution in [-0.2, 0) is 14.4 Å². The van der Waals surface area contributed by atoms with Gasteiger partial charge in [-0.2, -0.15) is 13.2 Å². The molecular formula is C19H30F3N3O4. The second-order valence-corrected chi connectivity index (χ2v) is 7.90. The van der Waals surface area contributed by atoms with Crippen molar-refractivity contribution >= 4 is 17.8 Å². The number of carboxylic acids is 1. The first-order valence-electron chi connectivity index (χ1n) is 10.1. The van der Waals surface area contributed by atoms with Gasteiger partial charge in [-0.05, 0) is 45.2 Å². The zero-order valence-corrected chi connectivity index (χ0v) is 17.0. The van der Waals surface area contributed by atoms with Crippen molar-refractivity contribution in [2.45, 2.75) is 58.2 Å². The molecule has 29 heavy (non-hydrogen) atoms. The van der Waals surface area contributed by atoms with E-state index in [1.807, 2.05) is 4.90 Å². The quantitative estimate of drug-likeness (QED) is 0.737. The molecule has 3 heterocycles. The van der Waals surface area contributed by atoms with Gasteiger partial charge in [0.25, 0.3) is 0 Å². The first-order valence-corrected chi connectivity index (χ1v) is 10.1. The van der Waals surface area contributed by atoms with Crippen molar-refractivity contribution in [2.24, 2.45) is 5.41 Å². The Morgan fingerprint density at radius 3 is 2.03 bits per heavy atom. The van der Waals surface area contributed by atoms with Gasteiger partial charge in [0, 0.05) is 39.1 Å². The van der Waals surface area contributed by atoms with E-state index in [9.17, 15) is 22.8 Å². The molecule has 0 aromatic rings. The summed E-state index contributed by atoms with van der Waals surface area (Å²) in [6.07, 6.45) is -0.0598. The summed E-state index contributed by atoms with van der Waals surface area (Å²) in [6, 6.07) is 0.315. The minimum Gasteiger partial charge on any atom is -0.475 e.